The first-order valence-electron chi connectivity index (χ1n) is 11.7. The van der Waals surface area contributed by atoms with Crippen LogP contribution in [0.15, 0.2) is 24.3 Å². The van der Waals surface area contributed by atoms with Gasteiger partial charge in [0.1, 0.15) is 23.6 Å². The van der Waals surface area contributed by atoms with E-state index in [4.69, 9.17) is 13.9 Å². The highest BCUT2D eigenvalue weighted by Crippen LogP contribution is 2.37. The molecule has 1 aliphatic heterocycles. The number of aliphatic hydroxyl groups is 1. The molecule has 0 saturated carbocycles. The summed E-state index contributed by atoms with van der Waals surface area (Å²) in [6, 6.07) is 6.28. The van der Waals surface area contributed by atoms with E-state index in [0.29, 0.717) is 30.9 Å². The van der Waals surface area contributed by atoms with E-state index in [1.54, 1.807) is 29.2 Å². The Morgan fingerprint density at radius 1 is 1.21 bits per heavy atom. The van der Waals surface area contributed by atoms with Gasteiger partial charge in [0.05, 0.1) is 12.6 Å². The average molecular weight is 497 g/mol. The zero-order chi connectivity index (χ0) is 25.9. The van der Waals surface area contributed by atoms with Crippen LogP contribution in [0.3, 0.4) is 0 Å². The van der Waals surface area contributed by atoms with Gasteiger partial charge < -0.3 is 19.0 Å². The molecule has 3 atom stereocenters. The van der Waals surface area contributed by atoms with Gasteiger partial charge in [0, 0.05) is 17.9 Å². The first-order chi connectivity index (χ1) is 15.5. The molecule has 1 aromatic carbocycles. The molecule has 192 valence electrons. The van der Waals surface area contributed by atoms with Crippen LogP contribution in [0.2, 0.25) is 18.1 Å². The van der Waals surface area contributed by atoms with E-state index in [9.17, 15) is 20.0 Å². The Morgan fingerprint density at radius 2 is 1.79 bits per heavy atom. The summed E-state index contributed by atoms with van der Waals surface area (Å²) in [5, 5.41) is 20.6. The first-order valence-corrected chi connectivity index (χ1v) is 14.6. The number of hydrogen-bond acceptors (Lipinski definition) is 7. The van der Waals surface area contributed by atoms with Crippen LogP contribution in [0.5, 0.6) is 5.75 Å². The lowest BCUT2D eigenvalue weighted by atomic mass is 10.1. The second kappa shape index (κ2) is 10.6. The molecule has 1 N–H and O–H groups in total. The Morgan fingerprint density at radius 3 is 2.29 bits per heavy atom. The number of nitrogens with zero attached hydrogens (tertiary/aromatic N) is 2. The van der Waals surface area contributed by atoms with Gasteiger partial charge in [-0.3, -0.25) is 15.0 Å². The third-order valence-corrected chi connectivity index (χ3v) is 10.9. The molecule has 2 rings (SSSR count). The molecule has 1 fully saturated rings. The number of amides is 1. The van der Waals surface area contributed by atoms with Crippen molar-refractivity contribution in [3.8, 4) is 5.75 Å². The van der Waals surface area contributed by atoms with Crippen molar-refractivity contribution in [3.05, 3.63) is 39.9 Å². The molecule has 1 aliphatic rings. The maximum atomic E-state index is 12.9. The van der Waals surface area contributed by atoms with Gasteiger partial charge in [-0.15, -0.1) is 0 Å². The van der Waals surface area contributed by atoms with E-state index in [1.807, 2.05) is 20.8 Å². The number of ether oxygens (including phenoxy) is 2. The molecular weight excluding hydrogens is 456 g/mol. The van der Waals surface area contributed by atoms with Crippen LogP contribution in [0.25, 0.3) is 0 Å². The Balaban J connectivity index is 2.18. The number of nitro groups is 1. The molecule has 9 nitrogen and oxygen atoms in total. The Hall–Kier alpha value is -2.17. The molecule has 1 heterocycles. The standard InChI is InChI=1S/C24H40N2O7Si/c1-23(2,3)33-22(28)25-14-13-21(19(25)16-31-34(7,8)24(4,5)6)32-18-11-9-17(10-12-18)20(27)15-26(29)30/h9-12,19-21,27H,13-16H2,1-8H3/t19-,20?,21-/m1/s1. The molecule has 34 heavy (non-hydrogen) atoms. The second-order valence-electron chi connectivity index (χ2n) is 11.4. The van der Waals surface area contributed by atoms with E-state index in [0.717, 1.165) is 0 Å². The summed E-state index contributed by atoms with van der Waals surface area (Å²) in [5.41, 5.74) is -0.162. The second-order valence-corrected chi connectivity index (χ2v) is 16.2. The van der Waals surface area contributed by atoms with Gasteiger partial charge in [-0.2, -0.15) is 0 Å². The summed E-state index contributed by atoms with van der Waals surface area (Å²) >= 11 is 0. The van der Waals surface area contributed by atoms with Gasteiger partial charge in [0.25, 0.3) is 0 Å². The number of rotatable bonds is 8. The predicted octanol–water partition coefficient (Wildman–Crippen LogP) is 4.78. The average Bonchev–Trinajstić information content (AvgIpc) is 3.07. The Bertz CT molecular complexity index is 846. The number of likely N-dealkylation sites (tertiary alicyclic amines) is 1. The van der Waals surface area contributed by atoms with Crippen molar-refractivity contribution >= 4 is 14.4 Å². The van der Waals surface area contributed by atoms with Crippen molar-refractivity contribution < 1.29 is 28.7 Å². The Kier molecular flexibility index (Phi) is 8.76. The monoisotopic (exact) mass is 496 g/mol. The first kappa shape index (κ1) is 28.1. The normalized spacial score (nSPS) is 20.2. The molecule has 0 bridgehead atoms. The van der Waals surface area contributed by atoms with Crippen LogP contribution in [-0.4, -0.2) is 66.8 Å². The van der Waals surface area contributed by atoms with Gasteiger partial charge in [-0.05, 0) is 56.6 Å². The minimum absolute atomic E-state index is 0.0269. The van der Waals surface area contributed by atoms with Crippen LogP contribution in [0, 0.1) is 10.1 Å². The number of carbonyl (C=O) groups is 1. The molecule has 10 heteroatoms. The molecule has 1 unspecified atom stereocenters. The number of benzene rings is 1. The SMILES string of the molecule is CC(C)(C)OC(=O)N1CC[C@@H](Oc2ccc(C(O)C[N+](=O)[O-])cc2)[C@H]1CO[Si](C)(C)C(C)(C)C. The summed E-state index contributed by atoms with van der Waals surface area (Å²) in [6.07, 6.45) is -1.24. The van der Waals surface area contributed by atoms with Crippen LogP contribution < -0.4 is 4.74 Å². The van der Waals surface area contributed by atoms with Gasteiger partial charge in [0.2, 0.25) is 6.54 Å². The van der Waals surface area contributed by atoms with Crippen LogP contribution >= 0.6 is 0 Å². The number of hydrogen-bond donors (Lipinski definition) is 1. The molecule has 1 aromatic rings. The zero-order valence-corrected chi connectivity index (χ0v) is 22.7. The van der Waals surface area contributed by atoms with Gasteiger partial charge in [-0.25, -0.2) is 4.79 Å². The Labute approximate surface area is 203 Å². The quantitative estimate of drug-likeness (QED) is 0.313. The smallest absolute Gasteiger partial charge is 0.410 e. The fourth-order valence-corrected chi connectivity index (χ4v) is 4.43. The highest BCUT2D eigenvalue weighted by atomic mass is 28.4. The maximum Gasteiger partial charge on any atom is 0.410 e. The molecule has 0 aliphatic carbocycles. The third-order valence-electron chi connectivity index (χ3n) is 6.41. The highest BCUT2D eigenvalue weighted by molar-refractivity contribution is 6.74. The van der Waals surface area contributed by atoms with Gasteiger partial charge >= 0.3 is 6.09 Å². The van der Waals surface area contributed by atoms with Crippen LogP contribution in [-0.2, 0) is 9.16 Å². The minimum atomic E-state index is -2.06. The lowest BCUT2D eigenvalue weighted by Gasteiger charge is -2.38. The maximum absolute atomic E-state index is 12.9. The lowest BCUT2D eigenvalue weighted by Crippen LogP contribution is -2.50. The van der Waals surface area contributed by atoms with E-state index in [2.05, 4.69) is 33.9 Å². The highest BCUT2D eigenvalue weighted by Gasteiger charge is 2.44. The summed E-state index contributed by atoms with van der Waals surface area (Å²) in [7, 11) is -2.06. The van der Waals surface area contributed by atoms with E-state index in [1.165, 1.54) is 0 Å². The van der Waals surface area contributed by atoms with Crippen molar-refractivity contribution in [2.45, 2.75) is 89.9 Å². The lowest BCUT2D eigenvalue weighted by molar-refractivity contribution is -0.491. The molecule has 1 amide bonds. The molecule has 0 aromatic heterocycles. The van der Waals surface area contributed by atoms with Crippen LogP contribution in [0.4, 0.5) is 4.79 Å². The fourth-order valence-electron chi connectivity index (χ4n) is 3.41. The van der Waals surface area contributed by atoms with Crippen molar-refractivity contribution in [2.75, 3.05) is 19.7 Å². The summed E-state index contributed by atoms with van der Waals surface area (Å²) in [4.78, 5) is 24.7. The zero-order valence-electron chi connectivity index (χ0n) is 21.7. The van der Waals surface area contributed by atoms with Gasteiger partial charge in [0.15, 0.2) is 8.32 Å². The van der Waals surface area contributed by atoms with E-state index >= 15 is 0 Å². The largest absolute Gasteiger partial charge is 0.488 e. The van der Waals surface area contributed by atoms with Crippen molar-refractivity contribution in [1.29, 1.82) is 0 Å². The minimum Gasteiger partial charge on any atom is -0.488 e. The van der Waals surface area contributed by atoms with E-state index in [-0.39, 0.29) is 23.3 Å². The fraction of sp³-hybridized carbons (Fsp3) is 0.708. The molecule has 0 spiro atoms. The molecule has 1 saturated heterocycles. The molecular formula is C24H40N2O7Si. The predicted molar refractivity (Wildman–Crippen MR) is 132 cm³/mol. The van der Waals surface area contributed by atoms with Crippen molar-refractivity contribution in [3.63, 3.8) is 0 Å². The van der Waals surface area contributed by atoms with Gasteiger partial charge in [-0.1, -0.05) is 32.9 Å². The van der Waals surface area contributed by atoms with Crippen molar-refractivity contribution in [2.24, 2.45) is 0 Å². The third kappa shape index (κ3) is 7.68. The van der Waals surface area contributed by atoms with Crippen molar-refractivity contribution in [1.82, 2.24) is 4.90 Å². The topological polar surface area (TPSA) is 111 Å². The molecule has 0 radical (unpaired) electrons. The van der Waals surface area contributed by atoms with Crippen LogP contribution in [0.1, 0.15) is 59.6 Å². The summed E-state index contributed by atoms with van der Waals surface area (Å²) in [6.45, 7) is 16.6. The number of aliphatic hydroxyl groups excluding tert-OH is 1. The van der Waals surface area contributed by atoms with E-state index < -0.39 is 31.5 Å². The summed E-state index contributed by atoms with van der Waals surface area (Å²) < 4.78 is 18.3. The number of carbonyl (C=O) groups excluding carboxylic acids is 1. The summed E-state index contributed by atoms with van der Waals surface area (Å²) in [5.74, 6) is 0.561.